The fraction of sp³-hybridized carbons (Fsp3) is 0.412. The first-order valence-electron chi connectivity index (χ1n) is 7.90. The average molecular weight is 346 g/mol. The topological polar surface area (TPSA) is 106 Å². The smallest absolute Gasteiger partial charge is 0.407 e. The fourth-order valence-electron chi connectivity index (χ4n) is 1.87. The predicted octanol–water partition coefficient (Wildman–Crippen LogP) is 2.30. The molecule has 0 spiro atoms. The number of rotatable bonds is 5. The van der Waals surface area contributed by atoms with Crippen LogP contribution in [0.25, 0.3) is 11.4 Å². The van der Waals surface area contributed by atoms with Crippen LogP contribution in [0, 0.1) is 6.92 Å². The van der Waals surface area contributed by atoms with Crippen LogP contribution in [-0.2, 0) is 4.74 Å². The molecule has 0 aliphatic carbocycles. The Kier molecular flexibility index (Phi) is 5.74. The highest BCUT2D eigenvalue weighted by Gasteiger charge is 2.17. The van der Waals surface area contributed by atoms with E-state index in [2.05, 4.69) is 20.8 Å². The molecular formula is C17H22N4O4. The van der Waals surface area contributed by atoms with Crippen LogP contribution in [0.5, 0.6) is 0 Å². The fourth-order valence-corrected chi connectivity index (χ4v) is 1.87. The maximum atomic E-state index is 12.0. The maximum absolute atomic E-state index is 12.0. The van der Waals surface area contributed by atoms with Crippen molar-refractivity contribution in [1.82, 2.24) is 20.8 Å². The summed E-state index contributed by atoms with van der Waals surface area (Å²) in [5.74, 6) is -0.290. The van der Waals surface area contributed by atoms with E-state index in [1.807, 2.05) is 31.2 Å². The Morgan fingerprint density at radius 1 is 1.12 bits per heavy atom. The van der Waals surface area contributed by atoms with Gasteiger partial charge in [-0.3, -0.25) is 4.79 Å². The van der Waals surface area contributed by atoms with Crippen molar-refractivity contribution in [1.29, 1.82) is 0 Å². The number of hydrogen-bond donors (Lipinski definition) is 2. The SMILES string of the molecule is Cc1ccc(-c2noc(C(=O)NCCNC(=O)OC(C)(C)C)n2)cc1. The number of carbonyl (C=O) groups excluding carboxylic acids is 2. The van der Waals surface area contributed by atoms with Gasteiger partial charge in [0.25, 0.3) is 0 Å². The summed E-state index contributed by atoms with van der Waals surface area (Å²) in [5, 5.41) is 8.92. The lowest BCUT2D eigenvalue weighted by Gasteiger charge is -2.19. The molecular weight excluding hydrogens is 324 g/mol. The van der Waals surface area contributed by atoms with Crippen LogP contribution in [-0.4, -0.2) is 40.8 Å². The van der Waals surface area contributed by atoms with Gasteiger partial charge in [-0.15, -0.1) is 0 Å². The molecule has 0 radical (unpaired) electrons. The third-order valence-electron chi connectivity index (χ3n) is 3.01. The molecule has 2 rings (SSSR count). The molecule has 2 amide bonds. The van der Waals surface area contributed by atoms with Crippen molar-refractivity contribution in [3.63, 3.8) is 0 Å². The molecule has 0 aliphatic heterocycles. The van der Waals surface area contributed by atoms with Gasteiger partial charge in [0, 0.05) is 18.7 Å². The van der Waals surface area contributed by atoms with Gasteiger partial charge in [-0.2, -0.15) is 4.98 Å². The first-order valence-corrected chi connectivity index (χ1v) is 7.90. The zero-order chi connectivity index (χ0) is 18.4. The number of carbonyl (C=O) groups is 2. The van der Waals surface area contributed by atoms with Gasteiger partial charge in [-0.05, 0) is 27.7 Å². The molecule has 0 unspecified atom stereocenters. The summed E-state index contributed by atoms with van der Waals surface area (Å²) in [6.07, 6.45) is -0.541. The third-order valence-corrected chi connectivity index (χ3v) is 3.01. The van der Waals surface area contributed by atoms with Crippen LogP contribution in [0.2, 0.25) is 0 Å². The minimum Gasteiger partial charge on any atom is -0.444 e. The first-order chi connectivity index (χ1) is 11.7. The highest BCUT2D eigenvalue weighted by molar-refractivity contribution is 5.89. The van der Waals surface area contributed by atoms with Crippen LogP contribution in [0.3, 0.4) is 0 Å². The number of amides is 2. The quantitative estimate of drug-likeness (QED) is 0.805. The average Bonchev–Trinajstić information content (AvgIpc) is 3.00. The maximum Gasteiger partial charge on any atom is 0.407 e. The van der Waals surface area contributed by atoms with E-state index in [-0.39, 0.29) is 19.0 Å². The Hall–Kier alpha value is -2.90. The molecule has 25 heavy (non-hydrogen) atoms. The van der Waals surface area contributed by atoms with Gasteiger partial charge in [0.15, 0.2) is 0 Å². The van der Waals surface area contributed by atoms with Gasteiger partial charge < -0.3 is 19.9 Å². The Balaban J connectivity index is 1.80. The monoisotopic (exact) mass is 346 g/mol. The minimum absolute atomic E-state index is 0.132. The second-order valence-corrected chi connectivity index (χ2v) is 6.47. The number of hydrogen-bond acceptors (Lipinski definition) is 6. The molecule has 0 saturated carbocycles. The van der Waals surface area contributed by atoms with Crippen molar-refractivity contribution >= 4 is 12.0 Å². The zero-order valence-electron chi connectivity index (χ0n) is 14.8. The summed E-state index contributed by atoms with van der Waals surface area (Å²) >= 11 is 0. The van der Waals surface area contributed by atoms with Crippen LogP contribution in [0.15, 0.2) is 28.8 Å². The Morgan fingerprint density at radius 2 is 1.76 bits per heavy atom. The summed E-state index contributed by atoms with van der Waals surface area (Å²) in [6, 6.07) is 7.56. The molecule has 2 N–H and O–H groups in total. The van der Waals surface area contributed by atoms with Crippen LogP contribution < -0.4 is 10.6 Å². The van der Waals surface area contributed by atoms with E-state index in [4.69, 9.17) is 9.26 Å². The summed E-state index contributed by atoms with van der Waals surface area (Å²) in [7, 11) is 0. The van der Waals surface area contributed by atoms with Crippen LogP contribution in [0.4, 0.5) is 4.79 Å². The minimum atomic E-state index is -0.566. The van der Waals surface area contributed by atoms with E-state index < -0.39 is 17.6 Å². The number of ether oxygens (including phenoxy) is 1. The number of benzene rings is 1. The van der Waals surface area contributed by atoms with Crippen molar-refractivity contribution < 1.29 is 18.8 Å². The number of nitrogens with one attached hydrogen (secondary N) is 2. The van der Waals surface area contributed by atoms with Gasteiger partial charge in [-0.1, -0.05) is 35.0 Å². The largest absolute Gasteiger partial charge is 0.444 e. The van der Waals surface area contributed by atoms with E-state index in [0.717, 1.165) is 11.1 Å². The van der Waals surface area contributed by atoms with Crippen molar-refractivity contribution in [3.8, 4) is 11.4 Å². The van der Waals surface area contributed by atoms with Gasteiger partial charge in [0.1, 0.15) is 5.60 Å². The number of nitrogens with zero attached hydrogens (tertiary/aromatic N) is 2. The predicted molar refractivity (Wildman–Crippen MR) is 91.0 cm³/mol. The highest BCUT2D eigenvalue weighted by atomic mass is 16.6. The number of aryl methyl sites for hydroxylation is 1. The Bertz CT molecular complexity index is 732. The molecule has 8 nitrogen and oxygen atoms in total. The Morgan fingerprint density at radius 3 is 2.40 bits per heavy atom. The van der Waals surface area contributed by atoms with Crippen molar-refractivity contribution in [3.05, 3.63) is 35.7 Å². The van der Waals surface area contributed by atoms with Gasteiger partial charge in [0.05, 0.1) is 0 Å². The van der Waals surface area contributed by atoms with Crippen LogP contribution in [0.1, 0.15) is 37.0 Å². The second kappa shape index (κ2) is 7.78. The number of aromatic nitrogens is 2. The van der Waals surface area contributed by atoms with Crippen LogP contribution >= 0.6 is 0 Å². The molecule has 1 aromatic heterocycles. The third kappa shape index (κ3) is 5.91. The van der Waals surface area contributed by atoms with E-state index in [9.17, 15) is 9.59 Å². The molecule has 1 aromatic carbocycles. The van der Waals surface area contributed by atoms with Gasteiger partial charge in [0.2, 0.25) is 5.82 Å². The summed E-state index contributed by atoms with van der Waals surface area (Å²) < 4.78 is 10.1. The summed E-state index contributed by atoms with van der Waals surface area (Å²) in [4.78, 5) is 27.5. The molecule has 2 aromatic rings. The molecule has 0 fully saturated rings. The standard InChI is InChI=1S/C17H22N4O4/c1-11-5-7-12(8-6-11)13-20-15(25-21-13)14(22)18-9-10-19-16(23)24-17(2,3)4/h5-8H,9-10H2,1-4H3,(H,18,22)(H,19,23). The lowest BCUT2D eigenvalue weighted by atomic mass is 10.1. The molecule has 0 saturated heterocycles. The summed E-state index contributed by atoms with van der Waals surface area (Å²) in [5.41, 5.74) is 1.31. The summed E-state index contributed by atoms with van der Waals surface area (Å²) in [6.45, 7) is 7.73. The van der Waals surface area contributed by atoms with E-state index in [1.165, 1.54) is 0 Å². The van der Waals surface area contributed by atoms with Crippen molar-refractivity contribution in [2.75, 3.05) is 13.1 Å². The van der Waals surface area contributed by atoms with E-state index in [0.29, 0.717) is 5.82 Å². The highest BCUT2D eigenvalue weighted by Crippen LogP contribution is 2.16. The Labute approximate surface area is 145 Å². The molecule has 0 bridgehead atoms. The van der Waals surface area contributed by atoms with E-state index >= 15 is 0 Å². The normalized spacial score (nSPS) is 11.0. The molecule has 8 heteroatoms. The van der Waals surface area contributed by atoms with E-state index in [1.54, 1.807) is 20.8 Å². The first kappa shape index (κ1) is 18.4. The van der Waals surface area contributed by atoms with Crippen molar-refractivity contribution in [2.24, 2.45) is 0 Å². The lowest BCUT2D eigenvalue weighted by Crippen LogP contribution is -2.37. The van der Waals surface area contributed by atoms with Gasteiger partial charge in [-0.25, -0.2) is 4.79 Å². The second-order valence-electron chi connectivity index (χ2n) is 6.47. The molecule has 1 heterocycles. The van der Waals surface area contributed by atoms with Gasteiger partial charge >= 0.3 is 17.9 Å². The number of alkyl carbamates (subject to hydrolysis) is 1. The zero-order valence-corrected chi connectivity index (χ0v) is 14.8. The lowest BCUT2D eigenvalue weighted by molar-refractivity contribution is 0.0526. The molecule has 0 atom stereocenters. The van der Waals surface area contributed by atoms with Crippen molar-refractivity contribution in [2.45, 2.75) is 33.3 Å². The molecule has 0 aliphatic rings. The molecule has 134 valence electrons.